The van der Waals surface area contributed by atoms with E-state index in [2.05, 4.69) is 11.1 Å². The minimum Gasteiger partial charge on any atom is -0.381 e. The van der Waals surface area contributed by atoms with E-state index < -0.39 is 0 Å². The zero-order valence-electron chi connectivity index (χ0n) is 12.3. The summed E-state index contributed by atoms with van der Waals surface area (Å²) in [4.78, 5) is 18.5. The van der Waals surface area contributed by atoms with E-state index in [1.807, 2.05) is 36.3 Å². The van der Waals surface area contributed by atoms with Gasteiger partial charge in [-0.25, -0.2) is 0 Å². The molecular weight excluding hydrogens is 264 g/mol. The number of hydrogen-bond donors (Lipinski definition) is 0. The van der Waals surface area contributed by atoms with Gasteiger partial charge in [-0.2, -0.15) is 0 Å². The minimum atomic E-state index is 0.111. The molecular formula is C17H20N2O2. The van der Waals surface area contributed by atoms with Crippen LogP contribution in [0.5, 0.6) is 0 Å². The first-order valence-corrected chi connectivity index (χ1v) is 7.40. The van der Waals surface area contributed by atoms with Gasteiger partial charge in [-0.1, -0.05) is 18.2 Å². The number of carbonyl (C=O) groups excluding carboxylic acids is 1. The number of rotatable bonds is 3. The second-order valence-corrected chi connectivity index (χ2v) is 5.59. The molecule has 0 unspecified atom stereocenters. The molecule has 2 aromatic rings. The quantitative estimate of drug-likeness (QED) is 0.870. The number of nitrogens with zero attached hydrogens (tertiary/aromatic N) is 2. The van der Waals surface area contributed by atoms with Crippen LogP contribution in [-0.4, -0.2) is 36.1 Å². The highest BCUT2D eigenvalue weighted by Crippen LogP contribution is 2.21. The fourth-order valence-corrected chi connectivity index (χ4v) is 2.92. The third kappa shape index (κ3) is 3.05. The molecule has 0 bridgehead atoms. The van der Waals surface area contributed by atoms with Crippen LogP contribution in [-0.2, 0) is 16.1 Å². The largest absolute Gasteiger partial charge is 0.381 e. The molecule has 21 heavy (non-hydrogen) atoms. The Morgan fingerprint density at radius 2 is 2.14 bits per heavy atom. The topological polar surface area (TPSA) is 42.4 Å². The fraction of sp³-hybridized carbons (Fsp3) is 0.412. The van der Waals surface area contributed by atoms with Crippen LogP contribution in [0.4, 0.5) is 0 Å². The molecule has 0 spiro atoms. The van der Waals surface area contributed by atoms with Crippen LogP contribution in [0.3, 0.4) is 0 Å². The van der Waals surface area contributed by atoms with Gasteiger partial charge in [-0.05, 0) is 29.9 Å². The van der Waals surface area contributed by atoms with Crippen molar-refractivity contribution in [2.45, 2.75) is 19.4 Å². The van der Waals surface area contributed by atoms with Gasteiger partial charge in [0.2, 0.25) is 5.91 Å². The van der Waals surface area contributed by atoms with E-state index in [4.69, 9.17) is 4.74 Å². The minimum absolute atomic E-state index is 0.111. The number of carbonyl (C=O) groups is 1. The van der Waals surface area contributed by atoms with Gasteiger partial charge in [-0.3, -0.25) is 9.78 Å². The van der Waals surface area contributed by atoms with Gasteiger partial charge in [0.25, 0.3) is 0 Å². The summed E-state index contributed by atoms with van der Waals surface area (Å²) in [6, 6.07) is 8.16. The smallest absolute Gasteiger partial charge is 0.225 e. The third-order valence-corrected chi connectivity index (χ3v) is 4.13. The second kappa shape index (κ2) is 6.22. The number of fused-ring (bicyclic) bond motifs is 1. The van der Waals surface area contributed by atoms with Gasteiger partial charge < -0.3 is 9.64 Å². The molecule has 1 amide bonds. The summed E-state index contributed by atoms with van der Waals surface area (Å²) in [5.41, 5.74) is 1.16. The summed E-state index contributed by atoms with van der Waals surface area (Å²) >= 11 is 0. The number of amides is 1. The van der Waals surface area contributed by atoms with Crippen LogP contribution in [0.25, 0.3) is 10.8 Å². The SMILES string of the molecule is CN(Cc1cccc2cnccc12)C(=O)C1CCOCC1. The molecule has 110 valence electrons. The summed E-state index contributed by atoms with van der Waals surface area (Å²) in [5, 5.41) is 2.28. The van der Waals surface area contributed by atoms with Crippen molar-refractivity contribution in [3.8, 4) is 0 Å². The Morgan fingerprint density at radius 1 is 1.33 bits per heavy atom. The maximum Gasteiger partial charge on any atom is 0.225 e. The van der Waals surface area contributed by atoms with Gasteiger partial charge in [0.1, 0.15) is 0 Å². The van der Waals surface area contributed by atoms with E-state index in [1.54, 1.807) is 6.20 Å². The molecule has 4 heteroatoms. The highest BCUT2D eigenvalue weighted by atomic mass is 16.5. The monoisotopic (exact) mass is 284 g/mol. The number of benzene rings is 1. The molecule has 1 aliphatic rings. The van der Waals surface area contributed by atoms with Crippen molar-refractivity contribution in [3.05, 3.63) is 42.2 Å². The van der Waals surface area contributed by atoms with Crippen LogP contribution in [0.2, 0.25) is 0 Å². The normalized spacial score (nSPS) is 16.0. The van der Waals surface area contributed by atoms with Gasteiger partial charge in [0.05, 0.1) is 0 Å². The Kier molecular flexibility index (Phi) is 4.15. The molecule has 4 nitrogen and oxygen atoms in total. The van der Waals surface area contributed by atoms with Crippen LogP contribution in [0, 0.1) is 5.92 Å². The Hall–Kier alpha value is -1.94. The van der Waals surface area contributed by atoms with Gasteiger partial charge in [0.15, 0.2) is 0 Å². The first-order valence-electron chi connectivity index (χ1n) is 7.40. The lowest BCUT2D eigenvalue weighted by Crippen LogP contribution is -2.35. The first kappa shape index (κ1) is 14.0. The second-order valence-electron chi connectivity index (χ2n) is 5.59. The fourth-order valence-electron chi connectivity index (χ4n) is 2.92. The van der Waals surface area contributed by atoms with E-state index in [0.717, 1.165) is 23.8 Å². The highest BCUT2D eigenvalue weighted by Gasteiger charge is 2.24. The Balaban J connectivity index is 1.76. The molecule has 1 aromatic carbocycles. The Labute approximate surface area is 124 Å². The molecule has 1 aromatic heterocycles. The molecule has 2 heterocycles. The van der Waals surface area contributed by atoms with Crippen molar-refractivity contribution < 1.29 is 9.53 Å². The number of pyridine rings is 1. The van der Waals surface area contributed by atoms with Crippen LogP contribution < -0.4 is 0 Å². The van der Waals surface area contributed by atoms with Crippen molar-refractivity contribution in [1.29, 1.82) is 0 Å². The molecule has 0 saturated carbocycles. The van der Waals surface area contributed by atoms with Crippen molar-refractivity contribution >= 4 is 16.7 Å². The molecule has 1 saturated heterocycles. The lowest BCUT2D eigenvalue weighted by Gasteiger charge is -2.27. The average molecular weight is 284 g/mol. The van der Waals surface area contributed by atoms with E-state index in [-0.39, 0.29) is 11.8 Å². The van der Waals surface area contributed by atoms with Gasteiger partial charge >= 0.3 is 0 Å². The number of aromatic nitrogens is 1. The van der Waals surface area contributed by atoms with E-state index in [0.29, 0.717) is 19.8 Å². The maximum absolute atomic E-state index is 12.5. The number of ether oxygens (including phenoxy) is 1. The van der Waals surface area contributed by atoms with Gasteiger partial charge in [-0.15, -0.1) is 0 Å². The summed E-state index contributed by atoms with van der Waals surface area (Å²) in [6.07, 6.45) is 5.33. The zero-order valence-corrected chi connectivity index (χ0v) is 12.3. The molecule has 0 atom stereocenters. The van der Waals surface area contributed by atoms with Crippen molar-refractivity contribution in [2.24, 2.45) is 5.92 Å². The van der Waals surface area contributed by atoms with E-state index in [9.17, 15) is 4.79 Å². The Morgan fingerprint density at radius 3 is 2.95 bits per heavy atom. The summed E-state index contributed by atoms with van der Waals surface area (Å²) in [7, 11) is 1.89. The van der Waals surface area contributed by atoms with Gasteiger partial charge in [0, 0.05) is 50.5 Å². The standard InChI is InChI=1S/C17H20N2O2/c1-19(17(20)13-6-9-21-10-7-13)12-15-4-2-3-14-11-18-8-5-16(14)15/h2-5,8,11,13H,6-7,9-10,12H2,1H3. The average Bonchev–Trinajstić information content (AvgIpc) is 2.55. The van der Waals surface area contributed by atoms with Crippen molar-refractivity contribution in [1.82, 2.24) is 9.88 Å². The highest BCUT2D eigenvalue weighted by molar-refractivity contribution is 5.85. The molecule has 0 N–H and O–H groups in total. The Bertz CT molecular complexity index is 630. The molecule has 0 radical (unpaired) electrons. The maximum atomic E-state index is 12.5. The van der Waals surface area contributed by atoms with E-state index in [1.165, 1.54) is 5.39 Å². The third-order valence-electron chi connectivity index (χ3n) is 4.13. The summed E-state index contributed by atoms with van der Waals surface area (Å²) in [6.45, 7) is 2.03. The van der Waals surface area contributed by atoms with Crippen LogP contribution >= 0.6 is 0 Å². The molecule has 1 fully saturated rings. The van der Waals surface area contributed by atoms with Crippen LogP contribution in [0.15, 0.2) is 36.7 Å². The van der Waals surface area contributed by atoms with Crippen molar-refractivity contribution in [3.63, 3.8) is 0 Å². The van der Waals surface area contributed by atoms with E-state index >= 15 is 0 Å². The molecule has 3 rings (SSSR count). The van der Waals surface area contributed by atoms with Crippen molar-refractivity contribution in [2.75, 3.05) is 20.3 Å². The summed E-state index contributed by atoms with van der Waals surface area (Å²) < 4.78 is 5.33. The predicted molar refractivity (Wildman–Crippen MR) is 81.8 cm³/mol. The number of hydrogen-bond acceptors (Lipinski definition) is 3. The molecule has 1 aliphatic heterocycles. The lowest BCUT2D eigenvalue weighted by atomic mass is 9.98. The predicted octanol–water partition coefficient (Wildman–Crippen LogP) is 2.62. The zero-order chi connectivity index (χ0) is 14.7. The summed E-state index contributed by atoms with van der Waals surface area (Å²) in [5.74, 6) is 0.338. The first-order chi connectivity index (χ1) is 10.3. The van der Waals surface area contributed by atoms with Crippen LogP contribution in [0.1, 0.15) is 18.4 Å². The lowest BCUT2D eigenvalue weighted by molar-refractivity contribution is -0.137. The molecule has 0 aliphatic carbocycles.